The average molecular weight is 435 g/mol. The third-order valence-electron chi connectivity index (χ3n) is 8.41. The molecule has 0 aromatic rings. The SMILES string of the molecule is COC(=O)CC1(C)CCC2(O1)C(COC(=O)CC(C)C)=CCC1C(C)(C)CCCC12C. The van der Waals surface area contributed by atoms with E-state index in [2.05, 4.69) is 26.8 Å². The number of carbonyl (C=O) groups is 2. The lowest BCUT2D eigenvalue weighted by molar-refractivity contribution is -0.196. The molecule has 0 aromatic carbocycles. The van der Waals surface area contributed by atoms with Gasteiger partial charge in [-0.25, -0.2) is 0 Å². The molecule has 4 atom stereocenters. The van der Waals surface area contributed by atoms with Crippen molar-refractivity contribution < 1.29 is 23.8 Å². The zero-order chi connectivity index (χ0) is 23.1. The Morgan fingerprint density at radius 2 is 1.81 bits per heavy atom. The van der Waals surface area contributed by atoms with Gasteiger partial charge in [-0.3, -0.25) is 9.59 Å². The molecule has 0 aromatic heterocycles. The van der Waals surface area contributed by atoms with Gasteiger partial charge in [0.25, 0.3) is 0 Å². The lowest BCUT2D eigenvalue weighted by Gasteiger charge is -2.61. The first-order chi connectivity index (χ1) is 14.4. The molecule has 3 rings (SSSR count). The summed E-state index contributed by atoms with van der Waals surface area (Å²) in [6.07, 6.45) is 9.05. The number of hydrogen-bond donors (Lipinski definition) is 0. The molecule has 0 amide bonds. The van der Waals surface area contributed by atoms with Crippen LogP contribution in [-0.2, 0) is 23.8 Å². The Bertz CT molecular complexity index is 738. The van der Waals surface area contributed by atoms with Crippen LogP contribution in [0.1, 0.15) is 92.9 Å². The molecule has 4 unspecified atom stereocenters. The van der Waals surface area contributed by atoms with E-state index in [0.717, 1.165) is 31.3 Å². The van der Waals surface area contributed by atoms with Gasteiger partial charge < -0.3 is 14.2 Å². The summed E-state index contributed by atoms with van der Waals surface area (Å²) >= 11 is 0. The molecule has 1 aliphatic heterocycles. The van der Waals surface area contributed by atoms with E-state index in [9.17, 15) is 9.59 Å². The van der Waals surface area contributed by atoms with Gasteiger partial charge in [0.15, 0.2) is 0 Å². The highest BCUT2D eigenvalue weighted by molar-refractivity contribution is 5.71. The predicted octanol–water partition coefficient (Wildman–Crippen LogP) is 5.61. The van der Waals surface area contributed by atoms with Crippen molar-refractivity contribution >= 4 is 11.9 Å². The van der Waals surface area contributed by atoms with Crippen LogP contribution in [-0.4, -0.2) is 36.9 Å². The van der Waals surface area contributed by atoms with Gasteiger partial charge in [-0.2, -0.15) is 0 Å². The molecule has 5 nitrogen and oxygen atoms in total. The Hall–Kier alpha value is -1.36. The van der Waals surface area contributed by atoms with E-state index in [4.69, 9.17) is 14.2 Å². The van der Waals surface area contributed by atoms with Crippen LogP contribution >= 0.6 is 0 Å². The molecule has 31 heavy (non-hydrogen) atoms. The monoisotopic (exact) mass is 434 g/mol. The number of fused-ring (bicyclic) bond motifs is 2. The summed E-state index contributed by atoms with van der Waals surface area (Å²) in [6, 6.07) is 0. The van der Waals surface area contributed by atoms with Crippen LogP contribution < -0.4 is 0 Å². The van der Waals surface area contributed by atoms with E-state index >= 15 is 0 Å². The zero-order valence-electron chi connectivity index (χ0n) is 20.6. The Kier molecular flexibility index (Phi) is 6.68. The quantitative estimate of drug-likeness (QED) is 0.402. The Labute approximate surface area is 188 Å². The Morgan fingerprint density at radius 1 is 1.10 bits per heavy atom. The summed E-state index contributed by atoms with van der Waals surface area (Å²) in [5, 5.41) is 0. The maximum absolute atomic E-state index is 12.3. The summed E-state index contributed by atoms with van der Waals surface area (Å²) in [7, 11) is 1.43. The summed E-state index contributed by atoms with van der Waals surface area (Å²) < 4.78 is 17.7. The highest BCUT2D eigenvalue weighted by Crippen LogP contribution is 2.66. The van der Waals surface area contributed by atoms with Gasteiger partial charge in [0.05, 0.1) is 24.7 Å². The maximum atomic E-state index is 12.3. The van der Waals surface area contributed by atoms with E-state index in [1.54, 1.807) is 0 Å². The minimum atomic E-state index is -0.569. The van der Waals surface area contributed by atoms with Gasteiger partial charge in [0.2, 0.25) is 0 Å². The molecule has 5 heteroatoms. The molecular weight excluding hydrogens is 392 g/mol. The third kappa shape index (κ3) is 4.44. The first-order valence-electron chi connectivity index (χ1n) is 12.0. The molecule has 2 aliphatic carbocycles. The second kappa shape index (κ2) is 8.53. The van der Waals surface area contributed by atoms with Crippen LogP contribution in [0.4, 0.5) is 0 Å². The average Bonchev–Trinajstić information content (AvgIpc) is 3.00. The van der Waals surface area contributed by atoms with Crippen molar-refractivity contribution in [3.8, 4) is 0 Å². The molecule has 176 valence electrons. The minimum absolute atomic E-state index is 0.0584. The first kappa shape index (κ1) is 24.3. The normalized spacial score (nSPS) is 36.8. The third-order valence-corrected chi connectivity index (χ3v) is 8.41. The predicted molar refractivity (Wildman–Crippen MR) is 120 cm³/mol. The second-order valence-electron chi connectivity index (χ2n) is 11.7. The maximum Gasteiger partial charge on any atom is 0.308 e. The molecule has 3 aliphatic rings. The Balaban J connectivity index is 1.95. The highest BCUT2D eigenvalue weighted by Gasteiger charge is 2.65. The van der Waals surface area contributed by atoms with Crippen molar-refractivity contribution in [2.45, 2.75) is 104 Å². The molecule has 2 fully saturated rings. The van der Waals surface area contributed by atoms with Crippen molar-refractivity contribution in [1.82, 2.24) is 0 Å². The van der Waals surface area contributed by atoms with Crippen LogP contribution in [0.2, 0.25) is 0 Å². The molecule has 1 heterocycles. The number of methoxy groups -OCH3 is 1. The van der Waals surface area contributed by atoms with Crippen LogP contribution in [0.25, 0.3) is 0 Å². The number of rotatable bonds is 6. The lowest BCUT2D eigenvalue weighted by atomic mass is 9.46. The van der Waals surface area contributed by atoms with Gasteiger partial charge in [0, 0.05) is 11.8 Å². The lowest BCUT2D eigenvalue weighted by Crippen LogP contribution is -2.60. The Morgan fingerprint density at radius 3 is 2.45 bits per heavy atom. The smallest absolute Gasteiger partial charge is 0.308 e. The van der Waals surface area contributed by atoms with Crippen LogP contribution in [0.15, 0.2) is 11.6 Å². The van der Waals surface area contributed by atoms with Gasteiger partial charge in [0.1, 0.15) is 6.61 Å². The van der Waals surface area contributed by atoms with Crippen LogP contribution in [0.3, 0.4) is 0 Å². The summed E-state index contributed by atoms with van der Waals surface area (Å²) in [6.45, 7) is 13.5. The van der Waals surface area contributed by atoms with Gasteiger partial charge in [-0.1, -0.05) is 47.1 Å². The standard InChI is InChI=1S/C26H42O5/c1-18(2)15-21(27)30-17-19-9-10-20-23(3,4)11-8-12-25(20,6)26(19)14-13-24(5,31-26)16-22(28)29-7/h9,18,20H,8,10-17H2,1-7H3. The molecule has 1 saturated heterocycles. The largest absolute Gasteiger partial charge is 0.469 e. The van der Waals surface area contributed by atoms with E-state index < -0.39 is 11.2 Å². The van der Waals surface area contributed by atoms with Crippen molar-refractivity contribution in [1.29, 1.82) is 0 Å². The molecule has 0 radical (unpaired) electrons. The fourth-order valence-electron chi connectivity index (χ4n) is 6.80. The number of esters is 2. The van der Waals surface area contributed by atoms with Crippen molar-refractivity contribution in [2.24, 2.45) is 22.7 Å². The van der Waals surface area contributed by atoms with Crippen LogP contribution in [0.5, 0.6) is 0 Å². The number of ether oxygens (including phenoxy) is 3. The van der Waals surface area contributed by atoms with Gasteiger partial charge in [-0.05, 0) is 61.9 Å². The van der Waals surface area contributed by atoms with E-state index in [1.807, 2.05) is 20.8 Å². The molecular formula is C26H42O5. The molecule has 1 saturated carbocycles. The van der Waals surface area contributed by atoms with Gasteiger partial charge in [-0.15, -0.1) is 0 Å². The first-order valence-corrected chi connectivity index (χ1v) is 12.0. The number of allylic oxidation sites excluding steroid dienone is 1. The summed E-state index contributed by atoms with van der Waals surface area (Å²) in [5.41, 5.74) is 0.183. The minimum Gasteiger partial charge on any atom is -0.469 e. The summed E-state index contributed by atoms with van der Waals surface area (Å²) in [4.78, 5) is 24.4. The van der Waals surface area contributed by atoms with Crippen molar-refractivity contribution in [2.75, 3.05) is 13.7 Å². The number of hydrogen-bond acceptors (Lipinski definition) is 5. The number of carbonyl (C=O) groups excluding carboxylic acids is 2. The zero-order valence-corrected chi connectivity index (χ0v) is 20.6. The van der Waals surface area contributed by atoms with Crippen molar-refractivity contribution in [3.63, 3.8) is 0 Å². The molecule has 1 spiro atoms. The van der Waals surface area contributed by atoms with E-state index in [1.165, 1.54) is 20.0 Å². The molecule has 0 N–H and O–H groups in total. The van der Waals surface area contributed by atoms with E-state index in [-0.39, 0.29) is 41.7 Å². The second-order valence-corrected chi connectivity index (χ2v) is 11.7. The van der Waals surface area contributed by atoms with E-state index in [0.29, 0.717) is 12.3 Å². The molecule has 0 bridgehead atoms. The fourth-order valence-corrected chi connectivity index (χ4v) is 6.80. The van der Waals surface area contributed by atoms with Gasteiger partial charge >= 0.3 is 11.9 Å². The fraction of sp³-hybridized carbons (Fsp3) is 0.846. The van der Waals surface area contributed by atoms with Crippen LogP contribution in [0, 0.1) is 22.7 Å². The summed E-state index contributed by atoms with van der Waals surface area (Å²) in [5.74, 6) is 0.366. The topological polar surface area (TPSA) is 61.8 Å². The van der Waals surface area contributed by atoms with Crippen molar-refractivity contribution in [3.05, 3.63) is 11.6 Å². The highest BCUT2D eigenvalue weighted by atomic mass is 16.6.